The topological polar surface area (TPSA) is 29.5 Å². The highest BCUT2D eigenvalue weighted by molar-refractivity contribution is 4.88. The minimum atomic E-state index is -0.303. The van der Waals surface area contributed by atoms with Gasteiger partial charge in [0.05, 0.1) is 11.7 Å². The maximum Gasteiger partial charge on any atom is 0.0931 e. The van der Waals surface area contributed by atoms with Gasteiger partial charge in [0.1, 0.15) is 0 Å². The van der Waals surface area contributed by atoms with E-state index in [2.05, 4.69) is 13.8 Å². The molecule has 0 aromatic carbocycles. The van der Waals surface area contributed by atoms with Crippen molar-refractivity contribution < 1.29 is 9.84 Å². The van der Waals surface area contributed by atoms with Crippen molar-refractivity contribution in [2.24, 2.45) is 5.92 Å². The van der Waals surface area contributed by atoms with Crippen molar-refractivity contribution in [1.29, 1.82) is 0 Å². The number of hydrogen-bond donors (Lipinski definition) is 1. The Labute approximate surface area is 94.0 Å². The van der Waals surface area contributed by atoms with Gasteiger partial charge in [-0.05, 0) is 25.2 Å². The fourth-order valence-corrected chi connectivity index (χ4v) is 2.92. The average molecular weight is 214 g/mol. The summed E-state index contributed by atoms with van der Waals surface area (Å²) >= 11 is 0. The Kier molecular flexibility index (Phi) is 5.07. The van der Waals surface area contributed by atoms with E-state index in [4.69, 9.17) is 4.74 Å². The van der Waals surface area contributed by atoms with Crippen molar-refractivity contribution in [3.8, 4) is 0 Å². The molecule has 0 saturated heterocycles. The van der Waals surface area contributed by atoms with E-state index in [1.54, 1.807) is 7.11 Å². The molecule has 1 atom stereocenters. The minimum absolute atomic E-state index is 0.291. The van der Waals surface area contributed by atoms with Crippen LogP contribution < -0.4 is 0 Å². The van der Waals surface area contributed by atoms with Crippen molar-refractivity contribution in [3.63, 3.8) is 0 Å². The van der Waals surface area contributed by atoms with Gasteiger partial charge >= 0.3 is 0 Å². The van der Waals surface area contributed by atoms with E-state index in [1.807, 2.05) is 0 Å². The standard InChI is InChI=1S/C13H26O2/c1-4-13(5-2,15-3)12(14)10-11-8-6-7-9-11/h11-12,14H,4-10H2,1-3H3. The van der Waals surface area contributed by atoms with E-state index in [-0.39, 0.29) is 11.7 Å². The molecule has 0 aliphatic heterocycles. The molecule has 1 unspecified atom stereocenters. The van der Waals surface area contributed by atoms with Crippen molar-refractivity contribution in [1.82, 2.24) is 0 Å². The average Bonchev–Trinajstić information content (AvgIpc) is 2.74. The van der Waals surface area contributed by atoms with Crippen LogP contribution in [-0.4, -0.2) is 23.9 Å². The van der Waals surface area contributed by atoms with Crippen LogP contribution in [0.1, 0.15) is 58.8 Å². The molecule has 0 amide bonds. The van der Waals surface area contributed by atoms with Gasteiger partial charge in [-0.25, -0.2) is 0 Å². The lowest BCUT2D eigenvalue weighted by atomic mass is 9.84. The quantitative estimate of drug-likeness (QED) is 0.736. The van der Waals surface area contributed by atoms with Crippen molar-refractivity contribution in [2.75, 3.05) is 7.11 Å². The second kappa shape index (κ2) is 5.86. The highest BCUT2D eigenvalue weighted by Gasteiger charge is 2.36. The van der Waals surface area contributed by atoms with Crippen molar-refractivity contribution in [3.05, 3.63) is 0 Å². The Hall–Kier alpha value is -0.0800. The molecule has 1 aliphatic carbocycles. The Morgan fingerprint density at radius 3 is 2.20 bits per heavy atom. The lowest BCUT2D eigenvalue weighted by Gasteiger charge is -2.36. The van der Waals surface area contributed by atoms with E-state index >= 15 is 0 Å². The van der Waals surface area contributed by atoms with Crippen LogP contribution in [0.15, 0.2) is 0 Å². The van der Waals surface area contributed by atoms with Crippen LogP contribution in [0.5, 0.6) is 0 Å². The zero-order valence-corrected chi connectivity index (χ0v) is 10.5. The largest absolute Gasteiger partial charge is 0.390 e. The molecular weight excluding hydrogens is 188 g/mol. The molecule has 0 aromatic rings. The molecule has 1 N–H and O–H groups in total. The summed E-state index contributed by atoms with van der Waals surface area (Å²) in [5, 5.41) is 10.3. The number of methoxy groups -OCH3 is 1. The monoisotopic (exact) mass is 214 g/mol. The molecule has 1 fully saturated rings. The maximum atomic E-state index is 10.3. The predicted octanol–water partition coefficient (Wildman–Crippen LogP) is 3.13. The predicted molar refractivity (Wildman–Crippen MR) is 62.9 cm³/mol. The molecule has 1 rings (SSSR count). The molecule has 0 spiro atoms. The fourth-order valence-electron chi connectivity index (χ4n) is 2.92. The van der Waals surface area contributed by atoms with Gasteiger partial charge in [-0.2, -0.15) is 0 Å². The van der Waals surface area contributed by atoms with Crippen LogP contribution in [0.3, 0.4) is 0 Å². The number of ether oxygens (including phenoxy) is 1. The summed E-state index contributed by atoms with van der Waals surface area (Å²) in [5.41, 5.74) is -0.303. The zero-order chi connectivity index (χ0) is 11.3. The smallest absolute Gasteiger partial charge is 0.0931 e. The van der Waals surface area contributed by atoms with Crippen molar-refractivity contribution >= 4 is 0 Å². The van der Waals surface area contributed by atoms with Crippen molar-refractivity contribution in [2.45, 2.75) is 70.5 Å². The first-order chi connectivity index (χ1) is 7.18. The third-order valence-corrected chi connectivity index (χ3v) is 4.24. The number of rotatable bonds is 6. The number of aliphatic hydroxyl groups excluding tert-OH is 1. The van der Waals surface area contributed by atoms with E-state index in [9.17, 15) is 5.11 Å². The summed E-state index contributed by atoms with van der Waals surface area (Å²) in [7, 11) is 1.73. The van der Waals surface area contributed by atoms with Gasteiger partial charge in [-0.3, -0.25) is 0 Å². The Bertz CT molecular complexity index is 161. The number of aliphatic hydroxyl groups is 1. The number of hydrogen-bond acceptors (Lipinski definition) is 2. The molecule has 0 bridgehead atoms. The van der Waals surface area contributed by atoms with Gasteiger partial charge < -0.3 is 9.84 Å². The third-order valence-electron chi connectivity index (χ3n) is 4.24. The zero-order valence-electron chi connectivity index (χ0n) is 10.5. The molecular formula is C13H26O2. The minimum Gasteiger partial charge on any atom is -0.390 e. The lowest BCUT2D eigenvalue weighted by Crippen LogP contribution is -2.44. The van der Waals surface area contributed by atoms with Gasteiger partial charge in [0.2, 0.25) is 0 Å². The first-order valence-corrected chi connectivity index (χ1v) is 6.41. The normalized spacial score (nSPS) is 20.8. The highest BCUT2D eigenvalue weighted by Crippen LogP contribution is 2.34. The summed E-state index contributed by atoms with van der Waals surface area (Å²) in [6.07, 6.45) is 7.71. The van der Waals surface area contributed by atoms with Gasteiger partial charge in [0.25, 0.3) is 0 Å². The van der Waals surface area contributed by atoms with Crippen LogP contribution in [-0.2, 0) is 4.74 Å². The third kappa shape index (κ3) is 2.94. The van der Waals surface area contributed by atoms with Crippen LogP contribution in [0.2, 0.25) is 0 Å². The molecule has 15 heavy (non-hydrogen) atoms. The fraction of sp³-hybridized carbons (Fsp3) is 1.00. The second-order valence-electron chi connectivity index (χ2n) is 4.88. The summed E-state index contributed by atoms with van der Waals surface area (Å²) in [5.74, 6) is 0.729. The SMILES string of the molecule is CCC(CC)(OC)C(O)CC1CCCC1. The molecule has 0 heterocycles. The first-order valence-electron chi connectivity index (χ1n) is 6.41. The summed E-state index contributed by atoms with van der Waals surface area (Å²) in [6, 6.07) is 0. The van der Waals surface area contributed by atoms with Gasteiger partial charge in [-0.15, -0.1) is 0 Å². The van der Waals surface area contributed by atoms with Crippen LogP contribution in [0.4, 0.5) is 0 Å². The lowest BCUT2D eigenvalue weighted by molar-refractivity contribution is -0.114. The molecule has 90 valence electrons. The summed E-state index contributed by atoms with van der Waals surface area (Å²) in [4.78, 5) is 0. The van der Waals surface area contributed by atoms with E-state index in [1.165, 1.54) is 25.7 Å². The molecule has 1 saturated carbocycles. The van der Waals surface area contributed by atoms with Gasteiger partial charge in [0, 0.05) is 7.11 Å². The summed E-state index contributed by atoms with van der Waals surface area (Å²) < 4.78 is 5.56. The van der Waals surface area contributed by atoms with Gasteiger partial charge in [-0.1, -0.05) is 39.5 Å². The molecule has 0 radical (unpaired) electrons. The Morgan fingerprint density at radius 1 is 1.27 bits per heavy atom. The highest BCUT2D eigenvalue weighted by atomic mass is 16.5. The summed E-state index contributed by atoms with van der Waals surface area (Å²) in [6.45, 7) is 4.20. The molecule has 1 aliphatic rings. The van der Waals surface area contributed by atoms with E-state index in [0.717, 1.165) is 25.2 Å². The Balaban J connectivity index is 2.51. The second-order valence-corrected chi connectivity index (χ2v) is 4.88. The van der Waals surface area contributed by atoms with E-state index < -0.39 is 0 Å². The van der Waals surface area contributed by atoms with Crippen LogP contribution in [0.25, 0.3) is 0 Å². The van der Waals surface area contributed by atoms with E-state index in [0.29, 0.717) is 0 Å². The molecule has 2 heteroatoms. The maximum absolute atomic E-state index is 10.3. The van der Waals surface area contributed by atoms with Crippen LogP contribution in [0, 0.1) is 5.92 Å². The first kappa shape index (κ1) is 13.0. The van der Waals surface area contributed by atoms with Crippen LogP contribution >= 0.6 is 0 Å². The Morgan fingerprint density at radius 2 is 1.80 bits per heavy atom. The van der Waals surface area contributed by atoms with Gasteiger partial charge in [0.15, 0.2) is 0 Å². The molecule has 2 nitrogen and oxygen atoms in total. The molecule has 0 aromatic heterocycles.